The second-order valence-corrected chi connectivity index (χ2v) is 8.06. The fourth-order valence-electron chi connectivity index (χ4n) is 3.29. The maximum absolute atomic E-state index is 13.1. The summed E-state index contributed by atoms with van der Waals surface area (Å²) < 4.78 is 2.77. The van der Waals surface area contributed by atoms with Gasteiger partial charge in [0.1, 0.15) is 5.65 Å². The maximum atomic E-state index is 13.1. The van der Waals surface area contributed by atoms with E-state index < -0.39 is 0 Å². The molecule has 4 aromatic rings. The van der Waals surface area contributed by atoms with Crippen molar-refractivity contribution in [3.05, 3.63) is 110 Å². The van der Waals surface area contributed by atoms with Crippen LogP contribution in [0, 0.1) is 13.8 Å². The molecule has 5 heteroatoms. The molecule has 0 aliphatic heterocycles. The molecule has 29 heavy (non-hydrogen) atoms. The van der Waals surface area contributed by atoms with Gasteiger partial charge in [0.2, 0.25) is 5.43 Å². The second kappa shape index (κ2) is 7.76. The van der Waals surface area contributed by atoms with Crippen molar-refractivity contribution < 1.29 is 4.79 Å². The average Bonchev–Trinajstić information content (AvgIpc) is 2.71. The number of hydrogen-bond donors (Lipinski definition) is 0. The Kier molecular flexibility index (Phi) is 5.16. The number of aromatic nitrogens is 2. The van der Waals surface area contributed by atoms with Gasteiger partial charge >= 0.3 is 0 Å². The molecule has 0 N–H and O–H groups in total. The second-order valence-electron chi connectivity index (χ2n) is 7.15. The van der Waals surface area contributed by atoms with E-state index in [9.17, 15) is 9.59 Å². The van der Waals surface area contributed by atoms with Gasteiger partial charge in [0.25, 0.3) is 0 Å². The van der Waals surface area contributed by atoms with Gasteiger partial charge in [-0.2, -0.15) is 0 Å². The Morgan fingerprint density at radius 1 is 0.966 bits per heavy atom. The average molecular weight is 447 g/mol. The lowest BCUT2D eigenvalue weighted by Crippen LogP contribution is -2.21. The normalized spacial score (nSPS) is 11.0. The van der Waals surface area contributed by atoms with E-state index in [1.165, 1.54) is 5.56 Å². The van der Waals surface area contributed by atoms with Gasteiger partial charge in [0.15, 0.2) is 5.78 Å². The predicted octanol–water partition coefficient (Wildman–Crippen LogP) is 5.06. The third kappa shape index (κ3) is 3.91. The minimum Gasteiger partial charge on any atom is -0.327 e. The van der Waals surface area contributed by atoms with E-state index in [2.05, 4.69) is 20.9 Å². The van der Waals surface area contributed by atoms with Crippen molar-refractivity contribution in [2.75, 3.05) is 0 Å². The van der Waals surface area contributed by atoms with E-state index >= 15 is 0 Å². The summed E-state index contributed by atoms with van der Waals surface area (Å²) in [4.78, 5) is 30.8. The lowest BCUT2D eigenvalue weighted by molar-refractivity contribution is 0.103. The van der Waals surface area contributed by atoms with E-state index in [-0.39, 0.29) is 16.8 Å². The molecule has 4 rings (SSSR count). The Morgan fingerprint density at radius 3 is 2.34 bits per heavy atom. The van der Waals surface area contributed by atoms with Crippen LogP contribution in [-0.4, -0.2) is 15.3 Å². The molecule has 0 aliphatic carbocycles. The first kappa shape index (κ1) is 19.3. The fourth-order valence-corrected chi connectivity index (χ4v) is 3.55. The van der Waals surface area contributed by atoms with Crippen LogP contribution in [0.5, 0.6) is 0 Å². The predicted molar refractivity (Wildman–Crippen MR) is 119 cm³/mol. The van der Waals surface area contributed by atoms with Gasteiger partial charge in [-0.1, -0.05) is 45.8 Å². The highest BCUT2D eigenvalue weighted by Crippen LogP contribution is 2.17. The number of aryl methyl sites for hydroxylation is 2. The summed E-state index contributed by atoms with van der Waals surface area (Å²) in [5.41, 5.74) is 4.00. The molecule has 144 valence electrons. The van der Waals surface area contributed by atoms with E-state index in [4.69, 9.17) is 0 Å². The molecule has 0 amide bonds. The van der Waals surface area contributed by atoms with Gasteiger partial charge in [-0.05, 0) is 55.8 Å². The van der Waals surface area contributed by atoms with Crippen LogP contribution in [0.4, 0.5) is 0 Å². The molecule has 0 saturated carbocycles. The van der Waals surface area contributed by atoms with Crippen LogP contribution in [0.2, 0.25) is 0 Å². The summed E-state index contributed by atoms with van der Waals surface area (Å²) in [6.07, 6.45) is 1.64. The highest BCUT2D eigenvalue weighted by molar-refractivity contribution is 9.10. The highest BCUT2D eigenvalue weighted by Gasteiger charge is 2.18. The Labute approximate surface area is 177 Å². The van der Waals surface area contributed by atoms with Crippen LogP contribution in [0.1, 0.15) is 32.7 Å². The molecule has 2 aromatic carbocycles. The van der Waals surface area contributed by atoms with Crippen molar-refractivity contribution >= 4 is 32.7 Å². The van der Waals surface area contributed by atoms with Crippen LogP contribution in [-0.2, 0) is 6.54 Å². The Morgan fingerprint density at radius 2 is 1.66 bits per heavy atom. The Hall–Kier alpha value is -3.05. The van der Waals surface area contributed by atoms with Crippen molar-refractivity contribution in [1.82, 2.24) is 9.55 Å². The number of nitrogens with zero attached hydrogens (tertiary/aromatic N) is 2. The number of ketones is 1. The lowest BCUT2D eigenvalue weighted by atomic mass is 10.0. The monoisotopic (exact) mass is 446 g/mol. The zero-order valence-corrected chi connectivity index (χ0v) is 17.7. The summed E-state index contributed by atoms with van der Waals surface area (Å²) in [6, 6.07) is 18.8. The van der Waals surface area contributed by atoms with Crippen LogP contribution >= 0.6 is 15.9 Å². The van der Waals surface area contributed by atoms with Crippen LogP contribution in [0.25, 0.3) is 11.0 Å². The molecular formula is C24H19BrN2O2. The molecule has 0 spiro atoms. The Balaban J connectivity index is 1.89. The SMILES string of the molecule is Cc1ccc(Cn2cc(C(=O)c3ccc(Br)cc3)c(=O)c3ccc(C)nc32)cc1. The molecular weight excluding hydrogens is 428 g/mol. The van der Waals surface area contributed by atoms with Gasteiger partial charge in [-0.3, -0.25) is 9.59 Å². The van der Waals surface area contributed by atoms with E-state index in [1.807, 2.05) is 42.7 Å². The van der Waals surface area contributed by atoms with Gasteiger partial charge in [-0.25, -0.2) is 4.98 Å². The number of carbonyl (C=O) groups excluding carboxylic acids is 1. The van der Waals surface area contributed by atoms with Gasteiger partial charge in [0.05, 0.1) is 10.9 Å². The van der Waals surface area contributed by atoms with Crippen LogP contribution in [0.3, 0.4) is 0 Å². The van der Waals surface area contributed by atoms with Gasteiger partial charge < -0.3 is 4.57 Å². The van der Waals surface area contributed by atoms with E-state index in [0.29, 0.717) is 23.1 Å². The molecule has 2 aromatic heterocycles. The summed E-state index contributed by atoms with van der Waals surface area (Å²) in [6.45, 7) is 4.45. The summed E-state index contributed by atoms with van der Waals surface area (Å²) in [7, 11) is 0. The molecule has 0 atom stereocenters. The number of hydrogen-bond acceptors (Lipinski definition) is 3. The minimum absolute atomic E-state index is 0.151. The zero-order chi connectivity index (χ0) is 20.5. The van der Waals surface area contributed by atoms with Crippen molar-refractivity contribution in [2.45, 2.75) is 20.4 Å². The third-order valence-corrected chi connectivity index (χ3v) is 5.41. The van der Waals surface area contributed by atoms with Crippen molar-refractivity contribution in [3.63, 3.8) is 0 Å². The number of fused-ring (bicyclic) bond motifs is 1. The summed E-state index contributed by atoms with van der Waals surface area (Å²) in [5, 5.41) is 0.450. The number of pyridine rings is 2. The highest BCUT2D eigenvalue weighted by atomic mass is 79.9. The summed E-state index contributed by atoms with van der Waals surface area (Å²) in [5.74, 6) is -0.289. The number of rotatable bonds is 4. The number of benzene rings is 2. The minimum atomic E-state index is -0.291. The lowest BCUT2D eigenvalue weighted by Gasteiger charge is -2.13. The van der Waals surface area contributed by atoms with Crippen LogP contribution < -0.4 is 5.43 Å². The number of halogens is 1. The first-order valence-corrected chi connectivity index (χ1v) is 10.1. The standard InChI is InChI=1S/C24H19BrN2O2/c1-15-3-6-17(7-4-15)13-27-14-21(22(28)18-8-10-19(25)11-9-18)23(29)20-12-5-16(2)26-24(20)27/h3-12,14H,13H2,1-2H3. The molecule has 0 fully saturated rings. The fraction of sp³-hybridized carbons (Fsp3) is 0.125. The zero-order valence-electron chi connectivity index (χ0n) is 16.1. The molecule has 0 aliphatic rings. The quantitative estimate of drug-likeness (QED) is 0.411. The molecule has 0 bridgehead atoms. The molecule has 2 heterocycles. The van der Waals surface area contributed by atoms with Crippen molar-refractivity contribution in [3.8, 4) is 0 Å². The van der Waals surface area contributed by atoms with E-state index in [1.54, 1.807) is 42.6 Å². The summed E-state index contributed by atoms with van der Waals surface area (Å²) >= 11 is 3.37. The largest absolute Gasteiger partial charge is 0.327 e. The maximum Gasteiger partial charge on any atom is 0.202 e. The number of carbonyl (C=O) groups is 1. The smallest absolute Gasteiger partial charge is 0.202 e. The van der Waals surface area contributed by atoms with Gasteiger partial charge in [0, 0.05) is 28.5 Å². The van der Waals surface area contributed by atoms with Crippen LogP contribution in [0.15, 0.2) is 76.1 Å². The first-order valence-electron chi connectivity index (χ1n) is 9.29. The topological polar surface area (TPSA) is 52.0 Å². The molecule has 0 unspecified atom stereocenters. The van der Waals surface area contributed by atoms with Crippen molar-refractivity contribution in [1.29, 1.82) is 0 Å². The van der Waals surface area contributed by atoms with Crippen molar-refractivity contribution in [2.24, 2.45) is 0 Å². The van der Waals surface area contributed by atoms with E-state index in [0.717, 1.165) is 15.7 Å². The molecule has 0 radical (unpaired) electrons. The molecule has 0 saturated heterocycles. The van der Waals surface area contributed by atoms with Gasteiger partial charge in [-0.15, -0.1) is 0 Å². The Bertz CT molecular complexity index is 1270. The first-order chi connectivity index (χ1) is 13.9. The third-order valence-electron chi connectivity index (χ3n) is 4.89. The molecule has 4 nitrogen and oxygen atoms in total.